The van der Waals surface area contributed by atoms with Crippen molar-refractivity contribution in [2.24, 2.45) is 5.92 Å². The van der Waals surface area contributed by atoms with Crippen LogP contribution in [0.5, 0.6) is 0 Å². The van der Waals surface area contributed by atoms with Gasteiger partial charge in [0.2, 0.25) is 5.91 Å². The molecule has 2 saturated carbocycles. The van der Waals surface area contributed by atoms with Gasteiger partial charge in [-0.15, -0.1) is 0 Å². The predicted octanol–water partition coefficient (Wildman–Crippen LogP) is 2.89. The molecule has 4 heteroatoms. The van der Waals surface area contributed by atoms with Crippen molar-refractivity contribution in [2.75, 3.05) is 6.54 Å². The Hall–Kier alpha value is -1.42. The zero-order valence-electron chi connectivity index (χ0n) is 13.8. The number of nitrogens with one attached hydrogen (secondary N) is 1. The molecule has 0 atom stereocenters. The van der Waals surface area contributed by atoms with Crippen LogP contribution < -0.4 is 5.32 Å². The first-order valence-electron chi connectivity index (χ1n) is 9.18. The highest BCUT2D eigenvalue weighted by molar-refractivity contribution is 5.79. The Morgan fingerprint density at radius 2 is 1.87 bits per heavy atom. The van der Waals surface area contributed by atoms with E-state index in [9.17, 15) is 4.79 Å². The fourth-order valence-corrected chi connectivity index (χ4v) is 4.34. The minimum Gasteiger partial charge on any atom is -0.333 e. The number of likely N-dealkylation sites (tertiary alicyclic amines) is 1. The van der Waals surface area contributed by atoms with E-state index in [2.05, 4.69) is 15.2 Å². The molecule has 0 aromatic carbocycles. The first-order valence-corrected chi connectivity index (χ1v) is 9.18. The van der Waals surface area contributed by atoms with E-state index in [1.54, 1.807) is 0 Å². The molecule has 1 spiro atoms. The normalized spacial score (nSPS) is 31.0. The van der Waals surface area contributed by atoms with Gasteiger partial charge in [0.15, 0.2) is 0 Å². The Bertz CT molecular complexity index is 547. The summed E-state index contributed by atoms with van der Waals surface area (Å²) in [5.74, 6) is 1.29. The van der Waals surface area contributed by atoms with Gasteiger partial charge < -0.3 is 10.2 Å². The van der Waals surface area contributed by atoms with Gasteiger partial charge in [-0.25, -0.2) is 0 Å². The van der Waals surface area contributed by atoms with E-state index >= 15 is 0 Å². The average Bonchev–Trinajstić information content (AvgIpc) is 3.38. The fraction of sp³-hybridized carbons (Fsp3) is 0.684. The van der Waals surface area contributed by atoms with E-state index in [0.29, 0.717) is 11.9 Å². The first-order chi connectivity index (χ1) is 11.3. The van der Waals surface area contributed by atoms with Crippen molar-refractivity contribution in [3.8, 4) is 0 Å². The Kier molecular flexibility index (Phi) is 4.10. The van der Waals surface area contributed by atoms with Gasteiger partial charge in [0.1, 0.15) is 0 Å². The molecule has 1 N–H and O–H groups in total. The zero-order valence-corrected chi connectivity index (χ0v) is 13.8. The van der Waals surface area contributed by atoms with E-state index in [1.165, 1.54) is 37.8 Å². The van der Waals surface area contributed by atoms with Crippen LogP contribution in [0.4, 0.5) is 0 Å². The van der Waals surface area contributed by atoms with E-state index in [1.807, 2.05) is 24.5 Å². The van der Waals surface area contributed by atoms with Crippen molar-refractivity contribution in [3.05, 3.63) is 30.1 Å². The summed E-state index contributed by atoms with van der Waals surface area (Å²) >= 11 is 0. The van der Waals surface area contributed by atoms with Crippen molar-refractivity contribution >= 4 is 5.91 Å². The first kappa shape index (κ1) is 15.1. The summed E-state index contributed by atoms with van der Waals surface area (Å²) in [7, 11) is 0. The summed E-state index contributed by atoms with van der Waals surface area (Å²) in [6.07, 6.45) is 13.0. The van der Waals surface area contributed by atoms with Crippen LogP contribution in [0.25, 0.3) is 0 Å². The molecule has 3 aliphatic rings. The summed E-state index contributed by atoms with van der Waals surface area (Å²) in [4.78, 5) is 18.7. The van der Waals surface area contributed by atoms with E-state index in [4.69, 9.17) is 0 Å². The van der Waals surface area contributed by atoms with Gasteiger partial charge in [0.25, 0.3) is 0 Å². The molecule has 3 fully saturated rings. The Morgan fingerprint density at radius 3 is 2.57 bits per heavy atom. The van der Waals surface area contributed by atoms with E-state index < -0.39 is 0 Å². The molecule has 1 saturated heterocycles. The molecule has 2 heterocycles. The maximum Gasteiger partial charge on any atom is 0.223 e. The Balaban J connectivity index is 1.39. The highest BCUT2D eigenvalue weighted by Gasteiger charge is 2.46. The van der Waals surface area contributed by atoms with Crippen LogP contribution >= 0.6 is 0 Å². The molecule has 4 nitrogen and oxygen atoms in total. The van der Waals surface area contributed by atoms with Crippen LogP contribution in [0.15, 0.2) is 24.5 Å². The molecule has 0 radical (unpaired) electrons. The van der Waals surface area contributed by atoms with Crippen LogP contribution in [0.3, 0.4) is 0 Å². The second-order valence-corrected chi connectivity index (χ2v) is 7.69. The van der Waals surface area contributed by atoms with Crippen LogP contribution in [0.1, 0.15) is 56.9 Å². The van der Waals surface area contributed by atoms with Crippen molar-refractivity contribution in [1.29, 1.82) is 0 Å². The van der Waals surface area contributed by atoms with E-state index in [0.717, 1.165) is 38.1 Å². The molecular weight excluding hydrogens is 286 g/mol. The summed E-state index contributed by atoms with van der Waals surface area (Å²) in [6.45, 7) is 1.96. The number of amides is 1. The number of hydrogen-bond acceptors (Lipinski definition) is 3. The largest absolute Gasteiger partial charge is 0.333 e. The zero-order chi connectivity index (χ0) is 15.7. The van der Waals surface area contributed by atoms with Gasteiger partial charge >= 0.3 is 0 Å². The molecule has 1 aromatic heterocycles. The van der Waals surface area contributed by atoms with Gasteiger partial charge in [-0.1, -0.05) is 0 Å². The summed E-state index contributed by atoms with van der Waals surface area (Å²) < 4.78 is 0. The molecule has 23 heavy (non-hydrogen) atoms. The van der Waals surface area contributed by atoms with E-state index in [-0.39, 0.29) is 5.54 Å². The highest BCUT2D eigenvalue weighted by atomic mass is 16.2. The molecule has 0 bridgehead atoms. The van der Waals surface area contributed by atoms with Crippen molar-refractivity contribution < 1.29 is 4.79 Å². The quantitative estimate of drug-likeness (QED) is 0.909. The summed E-state index contributed by atoms with van der Waals surface area (Å²) in [6, 6.07) is 4.73. The van der Waals surface area contributed by atoms with Gasteiger partial charge in [-0.05, 0) is 75.1 Å². The molecule has 0 unspecified atom stereocenters. The lowest BCUT2D eigenvalue weighted by molar-refractivity contribution is -0.133. The van der Waals surface area contributed by atoms with Crippen molar-refractivity contribution in [1.82, 2.24) is 15.2 Å². The summed E-state index contributed by atoms with van der Waals surface area (Å²) in [5, 5.41) is 3.75. The third-order valence-corrected chi connectivity index (χ3v) is 6.08. The number of hydrogen-bond donors (Lipinski definition) is 1. The molecule has 1 aromatic rings. The standard InChI is InChI=1S/C19H27N3O/c23-18-5-10-19(22(18)14-16-6-11-20-12-7-16)8-3-17(4-9-19)21-13-15-1-2-15/h6-7,11-12,15,17,21H,1-5,8-10,13-14H2. The number of aromatic nitrogens is 1. The highest BCUT2D eigenvalue weighted by Crippen LogP contribution is 2.43. The number of rotatable bonds is 5. The summed E-state index contributed by atoms with van der Waals surface area (Å²) in [5.41, 5.74) is 1.32. The SMILES string of the molecule is O=C1CCC2(CCC(NCC3CC3)CC2)N1Cc1ccncc1. The number of pyridine rings is 1. The molecule has 1 amide bonds. The lowest BCUT2D eigenvalue weighted by atomic mass is 9.77. The number of carbonyl (C=O) groups excluding carboxylic acids is 1. The monoisotopic (exact) mass is 313 g/mol. The number of nitrogens with zero attached hydrogens (tertiary/aromatic N) is 2. The Labute approximate surface area is 138 Å². The van der Waals surface area contributed by atoms with Gasteiger partial charge in [-0.3, -0.25) is 9.78 Å². The fourth-order valence-electron chi connectivity index (χ4n) is 4.34. The molecule has 124 valence electrons. The van der Waals surface area contributed by atoms with Crippen LogP contribution in [0.2, 0.25) is 0 Å². The third-order valence-electron chi connectivity index (χ3n) is 6.08. The van der Waals surface area contributed by atoms with Crippen LogP contribution in [-0.2, 0) is 11.3 Å². The average molecular weight is 313 g/mol. The minimum absolute atomic E-state index is 0.123. The maximum atomic E-state index is 12.5. The number of carbonyl (C=O) groups is 1. The second kappa shape index (κ2) is 6.23. The van der Waals surface area contributed by atoms with Gasteiger partial charge in [0, 0.05) is 36.9 Å². The smallest absolute Gasteiger partial charge is 0.223 e. The minimum atomic E-state index is 0.123. The van der Waals surface area contributed by atoms with Crippen molar-refractivity contribution in [3.63, 3.8) is 0 Å². The van der Waals surface area contributed by atoms with Gasteiger partial charge in [-0.2, -0.15) is 0 Å². The third kappa shape index (κ3) is 3.27. The molecular formula is C19H27N3O. The van der Waals surface area contributed by atoms with Crippen molar-refractivity contribution in [2.45, 2.75) is 69.5 Å². The molecule has 1 aliphatic heterocycles. The van der Waals surface area contributed by atoms with Gasteiger partial charge in [0.05, 0.1) is 0 Å². The lowest BCUT2D eigenvalue weighted by Gasteiger charge is -2.44. The molecule has 2 aliphatic carbocycles. The Morgan fingerprint density at radius 1 is 1.13 bits per heavy atom. The lowest BCUT2D eigenvalue weighted by Crippen LogP contribution is -2.50. The predicted molar refractivity (Wildman–Crippen MR) is 89.7 cm³/mol. The van der Waals surface area contributed by atoms with Crippen LogP contribution in [0, 0.1) is 5.92 Å². The van der Waals surface area contributed by atoms with Crippen LogP contribution in [-0.4, -0.2) is 33.9 Å². The molecule has 4 rings (SSSR count). The maximum absolute atomic E-state index is 12.5. The second-order valence-electron chi connectivity index (χ2n) is 7.69. The topological polar surface area (TPSA) is 45.2 Å².